The van der Waals surface area contributed by atoms with Crippen LogP contribution in [0.3, 0.4) is 0 Å². The number of piperidine rings is 1. The smallest absolute Gasteiger partial charge is 0.408 e. The quantitative estimate of drug-likeness (QED) is 0.572. The average Bonchev–Trinajstić information content (AvgIpc) is 3.61. The summed E-state index contributed by atoms with van der Waals surface area (Å²) >= 11 is 0. The summed E-state index contributed by atoms with van der Waals surface area (Å²) in [5.74, 6) is 1.05. The lowest BCUT2D eigenvalue weighted by Crippen LogP contribution is -2.68. The van der Waals surface area contributed by atoms with Crippen LogP contribution in [-0.4, -0.2) is 87.1 Å². The van der Waals surface area contributed by atoms with E-state index in [1.807, 2.05) is 45.0 Å². The number of piperazine rings is 1. The summed E-state index contributed by atoms with van der Waals surface area (Å²) in [6.07, 6.45) is 6.59. The van der Waals surface area contributed by atoms with E-state index in [-0.39, 0.29) is 29.8 Å². The molecule has 0 unspecified atom stereocenters. The molecule has 9 nitrogen and oxygen atoms in total. The Morgan fingerprint density at radius 3 is 2.52 bits per heavy atom. The minimum absolute atomic E-state index is 0.0438. The van der Waals surface area contributed by atoms with E-state index in [4.69, 9.17) is 4.74 Å². The molecule has 3 heterocycles. The molecule has 1 aromatic rings. The summed E-state index contributed by atoms with van der Waals surface area (Å²) in [7, 11) is 0. The minimum atomic E-state index is -1.07. The van der Waals surface area contributed by atoms with E-state index in [9.17, 15) is 19.5 Å². The van der Waals surface area contributed by atoms with Crippen LogP contribution in [0.2, 0.25) is 0 Å². The van der Waals surface area contributed by atoms with Gasteiger partial charge in [-0.3, -0.25) is 19.4 Å². The standard InChI is InChI=1S/C31H44N4O5/c1-31(2,3)35(30(38)39)27(19-9-5-4-6-10-19)29(37)34-17-21-15-20-16-24(20)33(21)18-25(34)28(36)32-23-13-14-40-26-12-8-7-11-22(23)26/h7-8,11-12,19-21,23-25,27H,4-6,9-10,13-18H2,1-3H3,(H,32,36)(H,38,39)/t20-,21-,23-,24+,25+,27+/m1/s1. The molecule has 3 amide bonds. The fourth-order valence-corrected chi connectivity index (χ4v) is 7.96. The molecule has 3 aliphatic heterocycles. The predicted molar refractivity (Wildman–Crippen MR) is 150 cm³/mol. The number of para-hydroxylation sites is 1. The summed E-state index contributed by atoms with van der Waals surface area (Å²) in [5, 5.41) is 13.7. The first-order valence-electron chi connectivity index (χ1n) is 15.2. The summed E-state index contributed by atoms with van der Waals surface area (Å²) in [4.78, 5) is 47.1. The van der Waals surface area contributed by atoms with Gasteiger partial charge < -0.3 is 20.1 Å². The number of benzene rings is 1. The summed E-state index contributed by atoms with van der Waals surface area (Å²) in [6.45, 7) is 7.10. The largest absolute Gasteiger partial charge is 0.493 e. The van der Waals surface area contributed by atoms with Crippen LogP contribution >= 0.6 is 0 Å². The predicted octanol–water partition coefficient (Wildman–Crippen LogP) is 4.03. The molecule has 0 aromatic heterocycles. The van der Waals surface area contributed by atoms with Gasteiger partial charge in [-0.15, -0.1) is 0 Å². The van der Waals surface area contributed by atoms with Crippen molar-refractivity contribution in [3.05, 3.63) is 29.8 Å². The van der Waals surface area contributed by atoms with Crippen LogP contribution < -0.4 is 10.1 Å². The first kappa shape index (κ1) is 27.4. The van der Waals surface area contributed by atoms with Crippen LogP contribution in [0.25, 0.3) is 0 Å². The molecule has 2 aliphatic carbocycles. The Balaban J connectivity index is 1.31. The zero-order valence-corrected chi connectivity index (χ0v) is 24.1. The van der Waals surface area contributed by atoms with Crippen LogP contribution in [-0.2, 0) is 9.59 Å². The molecule has 6 atom stereocenters. The molecular weight excluding hydrogens is 508 g/mol. The molecule has 4 fully saturated rings. The van der Waals surface area contributed by atoms with Gasteiger partial charge in [-0.1, -0.05) is 37.5 Å². The zero-order chi connectivity index (χ0) is 28.2. The van der Waals surface area contributed by atoms with Crippen molar-refractivity contribution in [3.63, 3.8) is 0 Å². The second-order valence-corrected chi connectivity index (χ2v) is 13.6. The van der Waals surface area contributed by atoms with E-state index >= 15 is 0 Å². The van der Waals surface area contributed by atoms with Gasteiger partial charge in [0.15, 0.2) is 0 Å². The second kappa shape index (κ2) is 10.5. The molecule has 6 rings (SSSR count). The van der Waals surface area contributed by atoms with Gasteiger partial charge in [0.05, 0.1) is 12.6 Å². The second-order valence-electron chi connectivity index (χ2n) is 13.6. The minimum Gasteiger partial charge on any atom is -0.493 e. The van der Waals surface area contributed by atoms with E-state index < -0.39 is 23.7 Å². The summed E-state index contributed by atoms with van der Waals surface area (Å²) in [5.41, 5.74) is 0.214. The first-order chi connectivity index (χ1) is 19.1. The molecule has 218 valence electrons. The van der Waals surface area contributed by atoms with Gasteiger partial charge in [0, 0.05) is 42.7 Å². The maximum Gasteiger partial charge on any atom is 0.408 e. The number of hydrogen-bond acceptors (Lipinski definition) is 5. The third kappa shape index (κ3) is 5.06. The van der Waals surface area contributed by atoms with E-state index in [0.29, 0.717) is 38.1 Å². The van der Waals surface area contributed by atoms with Gasteiger partial charge in [0.2, 0.25) is 11.8 Å². The highest BCUT2D eigenvalue weighted by atomic mass is 16.5. The Labute approximate surface area is 237 Å². The number of carboxylic acid groups (broad SMARTS) is 1. The Hall–Kier alpha value is -2.81. The van der Waals surface area contributed by atoms with Crippen LogP contribution in [0.5, 0.6) is 5.75 Å². The zero-order valence-electron chi connectivity index (χ0n) is 24.1. The number of carbonyl (C=O) groups is 3. The van der Waals surface area contributed by atoms with Crippen molar-refractivity contribution in [1.29, 1.82) is 0 Å². The fraction of sp³-hybridized carbons (Fsp3) is 0.710. The lowest BCUT2D eigenvalue weighted by Gasteiger charge is -2.49. The SMILES string of the molecule is CC(C)(C)N(C(=O)O)[C@H](C(=O)N1C[C@H]2C[C@@H]3C[C@@H]3N2C[C@H]1C(=O)N[C@@H]1CCOc2ccccc21)C1CCCCC1. The Bertz CT molecular complexity index is 1140. The molecule has 40 heavy (non-hydrogen) atoms. The molecule has 2 N–H and O–H groups in total. The van der Waals surface area contributed by atoms with Crippen molar-refractivity contribution in [2.45, 2.75) is 108 Å². The van der Waals surface area contributed by atoms with Crippen molar-refractivity contribution in [2.75, 3.05) is 19.7 Å². The number of carbonyl (C=O) groups excluding carboxylic acids is 2. The van der Waals surface area contributed by atoms with E-state index in [2.05, 4.69) is 10.2 Å². The lowest BCUT2D eigenvalue weighted by atomic mass is 9.81. The number of fused-ring (bicyclic) bond motifs is 4. The fourth-order valence-electron chi connectivity index (χ4n) is 7.96. The third-order valence-electron chi connectivity index (χ3n) is 9.94. The number of ether oxygens (including phenoxy) is 1. The molecule has 0 bridgehead atoms. The molecule has 0 spiro atoms. The van der Waals surface area contributed by atoms with Gasteiger partial charge in [-0.05, 0) is 64.4 Å². The van der Waals surface area contributed by atoms with Gasteiger partial charge >= 0.3 is 6.09 Å². The molecule has 1 aromatic carbocycles. The van der Waals surface area contributed by atoms with Gasteiger partial charge in [-0.2, -0.15) is 0 Å². The van der Waals surface area contributed by atoms with Crippen molar-refractivity contribution >= 4 is 17.9 Å². The molecule has 2 saturated heterocycles. The Morgan fingerprint density at radius 1 is 1.05 bits per heavy atom. The Kier molecular flexibility index (Phi) is 7.21. The highest BCUT2D eigenvalue weighted by molar-refractivity contribution is 5.92. The van der Waals surface area contributed by atoms with Crippen LogP contribution in [0.1, 0.15) is 83.7 Å². The third-order valence-corrected chi connectivity index (χ3v) is 9.94. The lowest BCUT2D eigenvalue weighted by molar-refractivity contribution is -0.153. The van der Waals surface area contributed by atoms with Crippen LogP contribution in [0.4, 0.5) is 4.79 Å². The number of hydrogen-bond donors (Lipinski definition) is 2. The number of nitrogens with one attached hydrogen (secondary N) is 1. The van der Waals surface area contributed by atoms with Crippen molar-refractivity contribution in [2.24, 2.45) is 11.8 Å². The highest BCUT2D eigenvalue weighted by Crippen LogP contribution is 2.49. The maximum absolute atomic E-state index is 14.7. The normalized spacial score (nSPS) is 30.8. The molecule has 5 aliphatic rings. The first-order valence-corrected chi connectivity index (χ1v) is 15.2. The summed E-state index contributed by atoms with van der Waals surface area (Å²) < 4.78 is 5.81. The van der Waals surface area contributed by atoms with Gasteiger partial charge in [0.1, 0.15) is 17.8 Å². The van der Waals surface area contributed by atoms with Gasteiger partial charge in [-0.25, -0.2) is 4.79 Å². The highest BCUT2D eigenvalue weighted by Gasteiger charge is 2.57. The number of amides is 3. The molecule has 2 saturated carbocycles. The van der Waals surface area contributed by atoms with Crippen LogP contribution in [0.15, 0.2) is 24.3 Å². The molecule has 0 radical (unpaired) electrons. The molecular formula is C31H44N4O5. The van der Waals surface area contributed by atoms with Crippen molar-refractivity contribution in [1.82, 2.24) is 20.0 Å². The molecule has 9 heteroatoms. The topological polar surface area (TPSA) is 102 Å². The summed E-state index contributed by atoms with van der Waals surface area (Å²) in [6, 6.07) is 6.92. The average molecular weight is 553 g/mol. The monoisotopic (exact) mass is 552 g/mol. The van der Waals surface area contributed by atoms with Crippen LogP contribution in [0, 0.1) is 11.8 Å². The van der Waals surface area contributed by atoms with Crippen molar-refractivity contribution < 1.29 is 24.2 Å². The number of rotatable bonds is 5. The Morgan fingerprint density at radius 2 is 1.80 bits per heavy atom. The van der Waals surface area contributed by atoms with Crippen molar-refractivity contribution in [3.8, 4) is 5.75 Å². The number of nitrogens with zero attached hydrogens (tertiary/aromatic N) is 3. The van der Waals surface area contributed by atoms with Gasteiger partial charge in [0.25, 0.3) is 0 Å². The maximum atomic E-state index is 14.7. The van der Waals surface area contributed by atoms with E-state index in [0.717, 1.165) is 49.8 Å². The van der Waals surface area contributed by atoms with E-state index in [1.54, 1.807) is 4.90 Å². The van der Waals surface area contributed by atoms with E-state index in [1.165, 1.54) is 11.3 Å².